The summed E-state index contributed by atoms with van der Waals surface area (Å²) >= 11 is 0. The van der Waals surface area contributed by atoms with Gasteiger partial charge in [-0.1, -0.05) is 0 Å². The molecule has 2 aliphatic rings. The van der Waals surface area contributed by atoms with Gasteiger partial charge in [0.2, 0.25) is 0 Å². The van der Waals surface area contributed by atoms with E-state index in [0.717, 1.165) is 25.9 Å². The van der Waals surface area contributed by atoms with E-state index in [9.17, 15) is 13.0 Å². The Balaban J connectivity index is 2.24. The molecule has 1 saturated carbocycles. The first-order valence-corrected chi connectivity index (χ1v) is 8.16. The topological polar surface area (TPSA) is 55.1 Å². The number of nitrogens with one attached hydrogen (secondary N) is 1. The zero-order valence-corrected chi connectivity index (χ0v) is 12.5. The van der Waals surface area contributed by atoms with Crippen molar-refractivity contribution in [1.82, 2.24) is 5.32 Å². The summed E-state index contributed by atoms with van der Waals surface area (Å²) in [6, 6.07) is 0. The molecule has 6 heteroatoms. The van der Waals surface area contributed by atoms with E-state index in [1.807, 2.05) is 0 Å². The highest BCUT2D eigenvalue weighted by molar-refractivity contribution is 7.84. The van der Waals surface area contributed by atoms with Crippen molar-refractivity contribution in [1.29, 1.82) is 0 Å². The Hall–Kier alpha value is -0.0700. The van der Waals surface area contributed by atoms with Gasteiger partial charge >= 0.3 is 0 Å². The van der Waals surface area contributed by atoms with Crippen LogP contribution in [0.1, 0.15) is 46.0 Å². The van der Waals surface area contributed by atoms with E-state index in [0.29, 0.717) is 6.42 Å². The van der Waals surface area contributed by atoms with Crippen LogP contribution in [0.2, 0.25) is 0 Å². The van der Waals surface area contributed by atoms with Crippen molar-refractivity contribution in [2.24, 2.45) is 16.5 Å². The maximum Gasteiger partial charge on any atom is 0.251 e. The molecule has 1 aliphatic heterocycles. The lowest BCUT2D eigenvalue weighted by molar-refractivity contribution is -0.0758. The zero-order valence-electron chi connectivity index (χ0n) is 11.7. The third-order valence-corrected chi connectivity index (χ3v) is 6.30. The van der Waals surface area contributed by atoms with Crippen molar-refractivity contribution < 1.29 is 13.0 Å². The molecule has 0 amide bonds. The molecule has 2 atom stereocenters. The standard InChI is InChI=1S/C13H24F2N2OS/c1-11(2,19(16)18)9-10-12(3-4-13(10,14)15)5-7-17-8-6-12/h10,17H,3-9,16H2,1-2H3. The summed E-state index contributed by atoms with van der Waals surface area (Å²) in [6.45, 7) is 5.07. The molecule has 0 bridgehead atoms. The second-order valence-corrected chi connectivity index (χ2v) is 8.39. The van der Waals surface area contributed by atoms with Gasteiger partial charge in [-0.3, -0.25) is 5.14 Å². The van der Waals surface area contributed by atoms with Gasteiger partial charge in [0, 0.05) is 12.3 Å². The van der Waals surface area contributed by atoms with Crippen molar-refractivity contribution in [3.8, 4) is 0 Å². The highest BCUT2D eigenvalue weighted by Crippen LogP contribution is 2.59. The summed E-state index contributed by atoms with van der Waals surface area (Å²) in [5.41, 5.74) is -0.286. The summed E-state index contributed by atoms with van der Waals surface area (Å²) < 4.78 is 39.4. The largest absolute Gasteiger partial charge is 0.317 e. The SMILES string of the molecule is CC(C)(CC1C(F)(F)CCC12CCNCC2)S(N)=O. The van der Waals surface area contributed by atoms with Crippen molar-refractivity contribution in [3.63, 3.8) is 0 Å². The van der Waals surface area contributed by atoms with Crippen LogP contribution in [0.15, 0.2) is 0 Å². The van der Waals surface area contributed by atoms with E-state index < -0.39 is 27.6 Å². The van der Waals surface area contributed by atoms with Gasteiger partial charge in [-0.05, 0) is 58.0 Å². The minimum Gasteiger partial charge on any atom is -0.317 e. The van der Waals surface area contributed by atoms with Gasteiger partial charge in [0.25, 0.3) is 5.92 Å². The monoisotopic (exact) mass is 294 g/mol. The van der Waals surface area contributed by atoms with E-state index in [2.05, 4.69) is 5.32 Å². The molecule has 0 radical (unpaired) electrons. The molecule has 2 fully saturated rings. The van der Waals surface area contributed by atoms with E-state index in [1.165, 1.54) is 0 Å². The summed E-state index contributed by atoms with van der Waals surface area (Å²) in [4.78, 5) is 0. The second kappa shape index (κ2) is 5.04. The lowest BCUT2D eigenvalue weighted by Crippen LogP contribution is -2.46. The highest BCUT2D eigenvalue weighted by Gasteiger charge is 2.59. The molecule has 1 heterocycles. The Morgan fingerprint density at radius 3 is 2.37 bits per heavy atom. The van der Waals surface area contributed by atoms with Gasteiger partial charge in [0.15, 0.2) is 0 Å². The van der Waals surface area contributed by atoms with Crippen molar-refractivity contribution >= 4 is 11.0 Å². The molecule has 19 heavy (non-hydrogen) atoms. The van der Waals surface area contributed by atoms with Crippen LogP contribution in [0.25, 0.3) is 0 Å². The number of piperidine rings is 1. The predicted octanol–water partition coefficient (Wildman–Crippen LogP) is 2.19. The Morgan fingerprint density at radius 2 is 1.84 bits per heavy atom. The number of halogens is 2. The Bertz CT molecular complexity index is 368. The van der Waals surface area contributed by atoms with Crippen LogP contribution in [-0.2, 0) is 11.0 Å². The van der Waals surface area contributed by atoms with Gasteiger partial charge in [-0.2, -0.15) is 0 Å². The Morgan fingerprint density at radius 1 is 1.26 bits per heavy atom. The number of rotatable bonds is 3. The van der Waals surface area contributed by atoms with Gasteiger partial charge in [-0.15, -0.1) is 0 Å². The third-order valence-electron chi connectivity index (χ3n) is 5.04. The molecular formula is C13H24F2N2OS. The number of alkyl halides is 2. The van der Waals surface area contributed by atoms with Gasteiger partial charge < -0.3 is 5.32 Å². The van der Waals surface area contributed by atoms with Gasteiger partial charge in [0.05, 0.1) is 15.7 Å². The van der Waals surface area contributed by atoms with E-state index in [-0.39, 0.29) is 18.3 Å². The normalized spacial score (nSPS) is 31.5. The average molecular weight is 294 g/mol. The molecule has 2 rings (SSSR count). The molecule has 112 valence electrons. The molecule has 0 aromatic rings. The third kappa shape index (κ3) is 2.85. The minimum atomic E-state index is -2.64. The van der Waals surface area contributed by atoms with Crippen LogP contribution in [0.5, 0.6) is 0 Å². The van der Waals surface area contributed by atoms with Crippen LogP contribution in [0, 0.1) is 11.3 Å². The smallest absolute Gasteiger partial charge is 0.251 e. The number of nitrogens with two attached hydrogens (primary N) is 1. The first-order chi connectivity index (χ1) is 8.70. The fourth-order valence-electron chi connectivity index (χ4n) is 3.67. The summed E-state index contributed by atoms with van der Waals surface area (Å²) in [7, 11) is -1.58. The quantitative estimate of drug-likeness (QED) is 0.838. The van der Waals surface area contributed by atoms with Crippen LogP contribution in [-0.4, -0.2) is 28.0 Å². The second-order valence-electron chi connectivity index (χ2n) is 6.69. The number of hydrogen-bond acceptors (Lipinski definition) is 2. The van der Waals surface area contributed by atoms with Crippen molar-refractivity contribution in [2.45, 2.75) is 56.6 Å². The fourth-order valence-corrected chi connectivity index (χ4v) is 4.01. The highest BCUT2D eigenvalue weighted by atomic mass is 32.2. The van der Waals surface area contributed by atoms with Gasteiger partial charge in [-0.25, -0.2) is 13.0 Å². The summed E-state index contributed by atoms with van der Waals surface area (Å²) in [5, 5.41) is 8.71. The van der Waals surface area contributed by atoms with Crippen LogP contribution < -0.4 is 10.5 Å². The summed E-state index contributed by atoms with van der Waals surface area (Å²) in [6.07, 6.45) is 2.37. The van der Waals surface area contributed by atoms with Crippen LogP contribution in [0.3, 0.4) is 0 Å². The lowest BCUT2D eigenvalue weighted by Gasteiger charge is -2.42. The first kappa shape index (κ1) is 15.3. The molecule has 0 aromatic heterocycles. The predicted molar refractivity (Wildman–Crippen MR) is 73.2 cm³/mol. The fraction of sp³-hybridized carbons (Fsp3) is 1.00. The van der Waals surface area contributed by atoms with E-state index >= 15 is 0 Å². The van der Waals surface area contributed by atoms with Gasteiger partial charge in [0.1, 0.15) is 0 Å². The first-order valence-electron chi connectivity index (χ1n) is 6.94. The molecular weight excluding hydrogens is 270 g/mol. The molecule has 2 unspecified atom stereocenters. The van der Waals surface area contributed by atoms with Crippen LogP contribution in [0.4, 0.5) is 8.78 Å². The minimum absolute atomic E-state index is 0.0368. The Labute approximate surface area is 116 Å². The molecule has 1 aliphatic carbocycles. The molecule has 0 aromatic carbocycles. The average Bonchev–Trinajstić information content (AvgIpc) is 2.55. The zero-order chi connectivity index (χ0) is 14.3. The molecule has 1 saturated heterocycles. The maximum atomic E-state index is 14.3. The molecule has 3 N–H and O–H groups in total. The Kier molecular flexibility index (Phi) is 4.06. The molecule has 3 nitrogen and oxygen atoms in total. The van der Waals surface area contributed by atoms with Crippen molar-refractivity contribution in [2.75, 3.05) is 13.1 Å². The lowest BCUT2D eigenvalue weighted by atomic mass is 9.68. The van der Waals surface area contributed by atoms with E-state index in [1.54, 1.807) is 13.8 Å². The summed E-state index contributed by atoms with van der Waals surface area (Å²) in [5.74, 6) is -3.34. The number of hydrogen-bond donors (Lipinski definition) is 2. The maximum absolute atomic E-state index is 14.3. The molecule has 1 spiro atoms. The van der Waals surface area contributed by atoms with Crippen LogP contribution >= 0.6 is 0 Å². The van der Waals surface area contributed by atoms with Crippen molar-refractivity contribution in [3.05, 3.63) is 0 Å². The van der Waals surface area contributed by atoms with E-state index in [4.69, 9.17) is 5.14 Å².